The van der Waals surface area contributed by atoms with Crippen molar-refractivity contribution in [1.29, 1.82) is 0 Å². The minimum absolute atomic E-state index is 0.0855. The van der Waals surface area contributed by atoms with Crippen molar-refractivity contribution in [2.24, 2.45) is 5.92 Å². The quantitative estimate of drug-likeness (QED) is 0.683. The predicted molar refractivity (Wildman–Crippen MR) is 67.1 cm³/mol. The smallest absolute Gasteiger partial charge is 0.120 e. The summed E-state index contributed by atoms with van der Waals surface area (Å²) in [7, 11) is 1.65. The number of aldehydes is 1. The number of rotatable bonds is 7. The average Bonchev–Trinajstić information content (AvgIpc) is 2.36. The van der Waals surface area contributed by atoms with E-state index < -0.39 is 0 Å². The molecule has 0 aromatic heterocycles. The van der Waals surface area contributed by atoms with E-state index in [-0.39, 0.29) is 12.0 Å². The summed E-state index contributed by atoms with van der Waals surface area (Å²) in [5, 5.41) is 0. The van der Waals surface area contributed by atoms with Crippen molar-refractivity contribution in [2.45, 2.75) is 33.0 Å². The summed E-state index contributed by atoms with van der Waals surface area (Å²) in [4.78, 5) is 10.4. The first-order valence-corrected chi connectivity index (χ1v) is 5.85. The maximum Gasteiger partial charge on any atom is 0.120 e. The first kappa shape index (κ1) is 13.7. The lowest BCUT2D eigenvalue weighted by atomic mass is 10.0. The molecule has 2 atom stereocenters. The molecule has 17 heavy (non-hydrogen) atoms. The SMILES string of the molecule is COc1ccc(CO[C@@H](C)[C@@H](C)CC=O)cc1. The zero-order valence-corrected chi connectivity index (χ0v) is 10.7. The molecule has 1 aromatic carbocycles. The van der Waals surface area contributed by atoms with Crippen LogP contribution in [0.15, 0.2) is 24.3 Å². The third kappa shape index (κ3) is 4.57. The number of hydrogen-bond acceptors (Lipinski definition) is 3. The van der Waals surface area contributed by atoms with Gasteiger partial charge in [0, 0.05) is 6.42 Å². The summed E-state index contributed by atoms with van der Waals surface area (Å²) in [6, 6.07) is 7.79. The molecule has 0 spiro atoms. The van der Waals surface area contributed by atoms with Gasteiger partial charge < -0.3 is 14.3 Å². The van der Waals surface area contributed by atoms with Crippen molar-refractivity contribution in [3.63, 3.8) is 0 Å². The average molecular weight is 236 g/mol. The van der Waals surface area contributed by atoms with Crippen LogP contribution in [0.25, 0.3) is 0 Å². The molecule has 0 heterocycles. The van der Waals surface area contributed by atoms with Crippen molar-refractivity contribution >= 4 is 6.29 Å². The summed E-state index contributed by atoms with van der Waals surface area (Å²) >= 11 is 0. The number of carbonyl (C=O) groups excluding carboxylic acids is 1. The Bertz CT molecular complexity index is 332. The van der Waals surface area contributed by atoms with E-state index in [2.05, 4.69) is 0 Å². The third-order valence-corrected chi connectivity index (χ3v) is 2.94. The molecule has 1 rings (SSSR count). The molecule has 0 aliphatic carbocycles. The van der Waals surface area contributed by atoms with Gasteiger partial charge in [-0.3, -0.25) is 0 Å². The maximum atomic E-state index is 10.4. The number of ether oxygens (including phenoxy) is 2. The standard InChI is InChI=1S/C14H20O3/c1-11(8-9-15)12(2)17-10-13-4-6-14(16-3)7-5-13/h4-7,9,11-12H,8,10H2,1-3H3/t11-,12-/m0/s1. The molecule has 3 heteroatoms. The molecule has 3 nitrogen and oxygen atoms in total. The van der Waals surface area contributed by atoms with Crippen LogP contribution in [0.1, 0.15) is 25.8 Å². The molecular weight excluding hydrogens is 216 g/mol. The van der Waals surface area contributed by atoms with Crippen LogP contribution < -0.4 is 4.74 Å². The fraction of sp³-hybridized carbons (Fsp3) is 0.500. The van der Waals surface area contributed by atoms with E-state index in [4.69, 9.17) is 9.47 Å². The second kappa shape index (κ2) is 7.07. The van der Waals surface area contributed by atoms with Gasteiger partial charge in [0.15, 0.2) is 0 Å². The monoisotopic (exact) mass is 236 g/mol. The molecule has 0 saturated heterocycles. The molecule has 0 bridgehead atoms. The molecule has 0 aliphatic rings. The number of hydrogen-bond donors (Lipinski definition) is 0. The molecule has 1 aromatic rings. The Morgan fingerprint density at radius 2 is 1.88 bits per heavy atom. The predicted octanol–water partition coefficient (Wildman–Crippen LogP) is 2.83. The summed E-state index contributed by atoms with van der Waals surface area (Å²) in [5.41, 5.74) is 1.11. The summed E-state index contributed by atoms with van der Waals surface area (Å²) in [5.74, 6) is 1.10. The van der Waals surface area contributed by atoms with E-state index in [1.807, 2.05) is 38.1 Å². The molecule has 0 saturated carbocycles. The van der Waals surface area contributed by atoms with E-state index in [1.165, 1.54) is 0 Å². The highest BCUT2D eigenvalue weighted by Gasteiger charge is 2.11. The van der Waals surface area contributed by atoms with Gasteiger partial charge in [-0.25, -0.2) is 0 Å². The van der Waals surface area contributed by atoms with Gasteiger partial charge in [0.25, 0.3) is 0 Å². The van der Waals surface area contributed by atoms with Crippen LogP contribution in [0.5, 0.6) is 5.75 Å². The van der Waals surface area contributed by atoms with Crippen LogP contribution in [0.2, 0.25) is 0 Å². The van der Waals surface area contributed by atoms with E-state index in [1.54, 1.807) is 7.11 Å². The van der Waals surface area contributed by atoms with Crippen LogP contribution in [-0.2, 0) is 16.1 Å². The van der Waals surface area contributed by atoms with E-state index in [0.29, 0.717) is 13.0 Å². The second-order valence-electron chi connectivity index (χ2n) is 4.24. The van der Waals surface area contributed by atoms with Gasteiger partial charge in [-0.2, -0.15) is 0 Å². The third-order valence-electron chi connectivity index (χ3n) is 2.94. The molecule has 0 fully saturated rings. The van der Waals surface area contributed by atoms with Crippen molar-refractivity contribution in [3.05, 3.63) is 29.8 Å². The Morgan fingerprint density at radius 1 is 1.24 bits per heavy atom. The van der Waals surface area contributed by atoms with E-state index in [0.717, 1.165) is 17.6 Å². The molecule has 0 unspecified atom stereocenters. The van der Waals surface area contributed by atoms with Gasteiger partial charge >= 0.3 is 0 Å². The van der Waals surface area contributed by atoms with Gasteiger partial charge in [-0.1, -0.05) is 19.1 Å². The van der Waals surface area contributed by atoms with Crippen molar-refractivity contribution in [3.8, 4) is 5.75 Å². The Labute approximate surface area is 103 Å². The minimum atomic E-state index is 0.0855. The van der Waals surface area contributed by atoms with Gasteiger partial charge in [0.1, 0.15) is 12.0 Å². The van der Waals surface area contributed by atoms with Crippen LogP contribution in [0.3, 0.4) is 0 Å². The molecule has 0 aliphatic heterocycles. The normalized spacial score (nSPS) is 14.1. The fourth-order valence-corrected chi connectivity index (χ4v) is 1.46. The van der Waals surface area contributed by atoms with Crippen LogP contribution in [0.4, 0.5) is 0 Å². The van der Waals surface area contributed by atoms with Crippen LogP contribution >= 0.6 is 0 Å². The van der Waals surface area contributed by atoms with Crippen molar-refractivity contribution in [2.75, 3.05) is 7.11 Å². The summed E-state index contributed by atoms with van der Waals surface area (Å²) in [6.45, 7) is 4.58. The number of carbonyl (C=O) groups is 1. The van der Waals surface area contributed by atoms with Crippen LogP contribution in [-0.4, -0.2) is 19.5 Å². The van der Waals surface area contributed by atoms with Gasteiger partial charge in [-0.05, 0) is 30.5 Å². The first-order chi connectivity index (χ1) is 8.17. The number of methoxy groups -OCH3 is 1. The summed E-state index contributed by atoms with van der Waals surface area (Å²) in [6.07, 6.45) is 1.57. The topological polar surface area (TPSA) is 35.5 Å². The Hall–Kier alpha value is -1.35. The zero-order chi connectivity index (χ0) is 12.7. The van der Waals surface area contributed by atoms with Crippen molar-refractivity contribution < 1.29 is 14.3 Å². The molecule has 0 radical (unpaired) electrons. The highest BCUT2D eigenvalue weighted by molar-refractivity contribution is 5.49. The Balaban J connectivity index is 2.41. The van der Waals surface area contributed by atoms with E-state index in [9.17, 15) is 4.79 Å². The first-order valence-electron chi connectivity index (χ1n) is 5.85. The summed E-state index contributed by atoms with van der Waals surface area (Å²) < 4.78 is 10.8. The lowest BCUT2D eigenvalue weighted by Crippen LogP contribution is -2.18. The van der Waals surface area contributed by atoms with Crippen LogP contribution in [0, 0.1) is 5.92 Å². The maximum absolute atomic E-state index is 10.4. The van der Waals surface area contributed by atoms with Gasteiger partial charge in [-0.15, -0.1) is 0 Å². The zero-order valence-electron chi connectivity index (χ0n) is 10.7. The highest BCUT2D eigenvalue weighted by atomic mass is 16.5. The lowest BCUT2D eigenvalue weighted by Gasteiger charge is -2.18. The molecular formula is C14H20O3. The highest BCUT2D eigenvalue weighted by Crippen LogP contribution is 2.15. The number of benzene rings is 1. The molecule has 0 amide bonds. The Kier molecular flexibility index (Phi) is 5.70. The minimum Gasteiger partial charge on any atom is -0.497 e. The largest absolute Gasteiger partial charge is 0.497 e. The lowest BCUT2D eigenvalue weighted by molar-refractivity contribution is -0.109. The molecule has 94 valence electrons. The van der Waals surface area contributed by atoms with Gasteiger partial charge in [0.2, 0.25) is 0 Å². The van der Waals surface area contributed by atoms with E-state index >= 15 is 0 Å². The fourth-order valence-electron chi connectivity index (χ4n) is 1.46. The Morgan fingerprint density at radius 3 is 2.41 bits per heavy atom. The second-order valence-corrected chi connectivity index (χ2v) is 4.24. The van der Waals surface area contributed by atoms with Gasteiger partial charge in [0.05, 0.1) is 19.8 Å². The van der Waals surface area contributed by atoms with Crippen molar-refractivity contribution in [1.82, 2.24) is 0 Å². The molecule has 0 N–H and O–H groups in total.